The lowest BCUT2D eigenvalue weighted by atomic mass is 9.94. The van der Waals surface area contributed by atoms with Crippen molar-refractivity contribution in [1.82, 2.24) is 10.2 Å². The summed E-state index contributed by atoms with van der Waals surface area (Å²) in [5.74, 6) is -0.00587. The molecule has 0 aromatic heterocycles. The minimum atomic E-state index is -0.747. The number of hydrogen-bond donors (Lipinski definition) is 1. The lowest BCUT2D eigenvalue weighted by Gasteiger charge is -2.38. The Hall–Kier alpha value is -3.61. The van der Waals surface area contributed by atoms with Crippen LogP contribution in [0, 0.1) is 5.92 Å². The van der Waals surface area contributed by atoms with Crippen molar-refractivity contribution >= 4 is 29.5 Å². The first-order valence-corrected chi connectivity index (χ1v) is 10.9. The Morgan fingerprint density at radius 1 is 1.00 bits per heavy atom. The molecule has 0 aliphatic carbocycles. The number of amides is 3. The van der Waals surface area contributed by atoms with Crippen LogP contribution >= 0.6 is 0 Å². The lowest BCUT2D eigenvalue weighted by molar-refractivity contribution is -0.132. The third-order valence-corrected chi connectivity index (χ3v) is 5.95. The van der Waals surface area contributed by atoms with Gasteiger partial charge in [0.1, 0.15) is 5.75 Å². The van der Waals surface area contributed by atoms with Crippen LogP contribution in [0.5, 0.6) is 5.75 Å². The summed E-state index contributed by atoms with van der Waals surface area (Å²) in [7, 11) is 1.55. The smallest absolute Gasteiger partial charge is 0.262 e. The van der Waals surface area contributed by atoms with Crippen molar-refractivity contribution in [2.75, 3.05) is 31.6 Å². The summed E-state index contributed by atoms with van der Waals surface area (Å²) in [6, 6.07) is 17.0. The van der Waals surface area contributed by atoms with Crippen LogP contribution in [0.25, 0.3) is 6.08 Å². The monoisotopic (exact) mass is 433 g/mol. The molecular weight excluding hydrogens is 406 g/mol. The average molecular weight is 434 g/mol. The van der Waals surface area contributed by atoms with Crippen LogP contribution in [0.1, 0.15) is 18.4 Å². The minimum absolute atomic E-state index is 0.0263. The van der Waals surface area contributed by atoms with E-state index in [0.29, 0.717) is 37.4 Å². The van der Waals surface area contributed by atoms with Crippen LogP contribution in [0.2, 0.25) is 0 Å². The molecular formula is C25H27N3O4. The van der Waals surface area contributed by atoms with Gasteiger partial charge in [-0.25, -0.2) is 0 Å². The van der Waals surface area contributed by atoms with Crippen LogP contribution in [0.15, 0.2) is 60.7 Å². The molecule has 0 spiro atoms. The average Bonchev–Trinajstić information content (AvgIpc) is 2.86. The summed E-state index contributed by atoms with van der Waals surface area (Å²) in [5.41, 5.74) is 1.66. The van der Waals surface area contributed by atoms with Gasteiger partial charge in [0.05, 0.1) is 12.2 Å². The molecule has 0 saturated carbocycles. The van der Waals surface area contributed by atoms with E-state index in [-0.39, 0.29) is 30.2 Å². The molecule has 3 amide bonds. The zero-order valence-electron chi connectivity index (χ0n) is 18.1. The van der Waals surface area contributed by atoms with Crippen molar-refractivity contribution in [3.63, 3.8) is 0 Å². The standard InChI is InChI=1S/C25H27N3O4/c1-26-24(30)22-17-28(20-9-5-6-10-21(20)32-22)25(31)19-13-15-27(16-14-19)23(29)12-11-18-7-3-2-4-8-18/h2-12,19,22H,13-17H2,1H3,(H,26,30)/b12-11+/t22-/m0/s1. The number of benzene rings is 2. The van der Waals surface area contributed by atoms with E-state index >= 15 is 0 Å². The Kier molecular flexibility index (Phi) is 6.54. The molecule has 1 N–H and O–H groups in total. The number of anilines is 1. The third kappa shape index (κ3) is 4.66. The zero-order chi connectivity index (χ0) is 22.5. The van der Waals surface area contributed by atoms with E-state index in [1.165, 1.54) is 0 Å². The highest BCUT2D eigenvalue weighted by molar-refractivity contribution is 5.99. The Balaban J connectivity index is 1.40. The van der Waals surface area contributed by atoms with Crippen LogP contribution < -0.4 is 15.0 Å². The number of likely N-dealkylation sites (N-methyl/N-ethyl adjacent to an activating group) is 1. The summed E-state index contributed by atoms with van der Waals surface area (Å²) in [6.07, 6.45) is 3.83. The van der Waals surface area contributed by atoms with Crippen LogP contribution in [0.4, 0.5) is 5.69 Å². The SMILES string of the molecule is CNC(=O)[C@@H]1CN(C(=O)C2CCN(C(=O)/C=C/c3ccccc3)CC2)c2ccccc2O1. The Morgan fingerprint density at radius 3 is 2.41 bits per heavy atom. The number of carbonyl (C=O) groups is 3. The Bertz CT molecular complexity index is 1010. The predicted molar refractivity (Wildman–Crippen MR) is 122 cm³/mol. The second-order valence-electron chi connectivity index (χ2n) is 7.98. The van der Waals surface area contributed by atoms with Gasteiger partial charge in [-0.05, 0) is 36.6 Å². The van der Waals surface area contributed by atoms with Crippen molar-refractivity contribution in [3.05, 3.63) is 66.2 Å². The number of rotatable bonds is 4. The van der Waals surface area contributed by atoms with E-state index in [0.717, 1.165) is 5.56 Å². The molecule has 1 atom stereocenters. The van der Waals surface area contributed by atoms with Gasteiger partial charge in [-0.3, -0.25) is 14.4 Å². The van der Waals surface area contributed by atoms with Gasteiger partial charge in [-0.1, -0.05) is 42.5 Å². The van der Waals surface area contributed by atoms with E-state index in [9.17, 15) is 14.4 Å². The first-order valence-electron chi connectivity index (χ1n) is 10.9. The van der Waals surface area contributed by atoms with Gasteiger partial charge in [0.25, 0.3) is 5.91 Å². The fraction of sp³-hybridized carbons (Fsp3) is 0.320. The van der Waals surface area contributed by atoms with Crippen molar-refractivity contribution in [3.8, 4) is 5.75 Å². The summed E-state index contributed by atoms with van der Waals surface area (Å²) in [5, 5.41) is 2.59. The largest absolute Gasteiger partial charge is 0.477 e. The molecule has 2 aromatic carbocycles. The zero-order valence-corrected chi connectivity index (χ0v) is 18.1. The van der Waals surface area contributed by atoms with Gasteiger partial charge < -0.3 is 19.9 Å². The third-order valence-electron chi connectivity index (χ3n) is 5.95. The molecule has 2 heterocycles. The van der Waals surface area contributed by atoms with Gasteiger partial charge in [0, 0.05) is 32.1 Å². The van der Waals surface area contributed by atoms with Crippen molar-refractivity contribution in [2.24, 2.45) is 5.92 Å². The van der Waals surface area contributed by atoms with Gasteiger partial charge in [-0.15, -0.1) is 0 Å². The predicted octanol–water partition coefficient (Wildman–Crippen LogP) is 2.48. The van der Waals surface area contributed by atoms with Crippen molar-refractivity contribution < 1.29 is 19.1 Å². The first-order chi connectivity index (χ1) is 15.6. The van der Waals surface area contributed by atoms with E-state index in [2.05, 4.69) is 5.32 Å². The molecule has 166 valence electrons. The summed E-state index contributed by atoms with van der Waals surface area (Å²) >= 11 is 0. The maximum atomic E-state index is 13.4. The first kappa shape index (κ1) is 21.6. The number of fused-ring (bicyclic) bond motifs is 1. The van der Waals surface area contributed by atoms with Crippen molar-refractivity contribution in [1.29, 1.82) is 0 Å². The fourth-order valence-corrected chi connectivity index (χ4v) is 4.14. The lowest BCUT2D eigenvalue weighted by Crippen LogP contribution is -2.52. The number of piperidine rings is 1. The van der Waals surface area contributed by atoms with E-state index < -0.39 is 6.10 Å². The normalized spacial score (nSPS) is 18.7. The molecule has 0 radical (unpaired) electrons. The second-order valence-corrected chi connectivity index (χ2v) is 7.98. The highest BCUT2D eigenvalue weighted by Crippen LogP contribution is 2.35. The van der Waals surface area contributed by atoms with Crippen LogP contribution in [0.3, 0.4) is 0 Å². The molecule has 1 saturated heterocycles. The van der Waals surface area contributed by atoms with Crippen LogP contribution in [-0.4, -0.2) is 55.4 Å². The van der Waals surface area contributed by atoms with Crippen LogP contribution in [-0.2, 0) is 14.4 Å². The molecule has 2 aliphatic heterocycles. The van der Waals surface area contributed by atoms with Gasteiger partial charge in [-0.2, -0.15) is 0 Å². The molecule has 7 nitrogen and oxygen atoms in total. The Morgan fingerprint density at radius 2 is 1.69 bits per heavy atom. The molecule has 32 heavy (non-hydrogen) atoms. The molecule has 1 fully saturated rings. The molecule has 2 aliphatic rings. The number of hydrogen-bond acceptors (Lipinski definition) is 4. The molecule has 0 bridgehead atoms. The number of likely N-dealkylation sites (tertiary alicyclic amines) is 1. The van der Waals surface area contributed by atoms with E-state index in [4.69, 9.17) is 4.74 Å². The molecule has 2 aromatic rings. The molecule has 4 rings (SSSR count). The number of nitrogens with zero attached hydrogens (tertiary/aromatic N) is 2. The Labute approximate surface area is 187 Å². The molecule has 0 unspecified atom stereocenters. The van der Waals surface area contributed by atoms with Gasteiger partial charge >= 0.3 is 0 Å². The minimum Gasteiger partial charge on any atom is -0.477 e. The second kappa shape index (κ2) is 9.68. The fourth-order valence-electron chi connectivity index (χ4n) is 4.14. The number of carbonyl (C=O) groups excluding carboxylic acids is 3. The highest BCUT2D eigenvalue weighted by Gasteiger charge is 2.37. The van der Waals surface area contributed by atoms with E-state index in [1.807, 2.05) is 54.6 Å². The van der Waals surface area contributed by atoms with Gasteiger partial charge in [0.2, 0.25) is 11.8 Å². The number of para-hydroxylation sites is 2. The number of nitrogens with one attached hydrogen (secondary N) is 1. The topological polar surface area (TPSA) is 79.0 Å². The quantitative estimate of drug-likeness (QED) is 0.752. The number of ether oxygens (including phenoxy) is 1. The van der Waals surface area contributed by atoms with Crippen molar-refractivity contribution in [2.45, 2.75) is 18.9 Å². The van der Waals surface area contributed by atoms with E-state index in [1.54, 1.807) is 29.0 Å². The van der Waals surface area contributed by atoms with Gasteiger partial charge in [0.15, 0.2) is 6.10 Å². The highest BCUT2D eigenvalue weighted by atomic mass is 16.5. The maximum absolute atomic E-state index is 13.4. The summed E-state index contributed by atoms with van der Waals surface area (Å²) in [4.78, 5) is 41.6. The molecule has 7 heteroatoms. The maximum Gasteiger partial charge on any atom is 0.262 e. The summed E-state index contributed by atoms with van der Waals surface area (Å²) in [6.45, 7) is 1.23. The summed E-state index contributed by atoms with van der Waals surface area (Å²) < 4.78 is 5.80.